The number of carbonyl (C=O) groups excluding carboxylic acids is 2. The molecule has 3 aromatic rings. The largest absolute Gasteiger partial charge is 0.335 e. The molecule has 1 aromatic carbocycles. The first-order valence-electron chi connectivity index (χ1n) is 11.1. The van der Waals surface area contributed by atoms with Crippen molar-refractivity contribution in [2.75, 3.05) is 31.5 Å². The maximum absolute atomic E-state index is 13.1. The summed E-state index contributed by atoms with van der Waals surface area (Å²) in [4.78, 5) is 35.2. The molecule has 1 aliphatic heterocycles. The summed E-state index contributed by atoms with van der Waals surface area (Å²) in [5.41, 5.74) is 2.66. The van der Waals surface area contributed by atoms with Crippen molar-refractivity contribution in [3.63, 3.8) is 0 Å². The van der Waals surface area contributed by atoms with E-state index in [1.807, 2.05) is 56.9 Å². The van der Waals surface area contributed by atoms with E-state index in [1.54, 1.807) is 11.3 Å². The number of nitrogens with one attached hydrogen (secondary N) is 1. The molecular formula is C25H30N4O2S2. The fourth-order valence-electron chi connectivity index (χ4n) is 3.63. The van der Waals surface area contributed by atoms with E-state index >= 15 is 0 Å². The molecule has 2 aromatic heterocycles. The summed E-state index contributed by atoms with van der Waals surface area (Å²) in [5.74, 6) is 0.00209. The summed E-state index contributed by atoms with van der Waals surface area (Å²) in [6.07, 6.45) is 0. The number of nitrogens with zero attached hydrogens (tertiary/aromatic N) is 3. The zero-order valence-corrected chi connectivity index (χ0v) is 21.2. The van der Waals surface area contributed by atoms with Gasteiger partial charge in [0, 0.05) is 49.1 Å². The molecule has 0 spiro atoms. The van der Waals surface area contributed by atoms with Crippen LogP contribution in [0.5, 0.6) is 0 Å². The van der Waals surface area contributed by atoms with Gasteiger partial charge in [-0.25, -0.2) is 4.98 Å². The number of aromatic nitrogens is 1. The molecule has 3 heterocycles. The van der Waals surface area contributed by atoms with E-state index in [2.05, 4.69) is 27.7 Å². The number of thiazole rings is 1. The fraction of sp³-hybridized carbons (Fsp3) is 0.400. The second kappa shape index (κ2) is 9.75. The Hall–Kier alpha value is -2.55. The lowest BCUT2D eigenvalue weighted by molar-refractivity contribution is -0.123. The van der Waals surface area contributed by atoms with Crippen molar-refractivity contribution in [1.29, 1.82) is 0 Å². The minimum atomic E-state index is -0.475. The fourth-order valence-corrected chi connectivity index (χ4v) is 5.48. The Morgan fingerprint density at radius 1 is 1.09 bits per heavy atom. The third-order valence-corrected chi connectivity index (χ3v) is 7.73. The molecule has 1 saturated heterocycles. The molecule has 2 amide bonds. The highest BCUT2D eigenvalue weighted by molar-refractivity contribution is 7.18. The number of hydrogen-bond acceptors (Lipinski definition) is 6. The van der Waals surface area contributed by atoms with E-state index in [0.717, 1.165) is 46.5 Å². The lowest BCUT2D eigenvalue weighted by atomic mass is 9.96. The maximum Gasteiger partial charge on any atom is 0.264 e. The first kappa shape index (κ1) is 23.6. The minimum absolute atomic E-state index is 0.0474. The van der Waals surface area contributed by atoms with E-state index in [9.17, 15) is 9.59 Å². The minimum Gasteiger partial charge on any atom is -0.335 e. The van der Waals surface area contributed by atoms with Crippen molar-refractivity contribution < 1.29 is 9.59 Å². The number of rotatable bonds is 5. The molecular weight excluding hydrogens is 452 g/mol. The van der Waals surface area contributed by atoms with E-state index < -0.39 is 5.41 Å². The van der Waals surface area contributed by atoms with Crippen LogP contribution in [0, 0.1) is 12.3 Å². The van der Waals surface area contributed by atoms with Crippen LogP contribution in [0.4, 0.5) is 5.00 Å². The SMILES string of the molecule is Cc1cc(NC(=O)C(C)(C)C)sc1C(=O)N1CCN(Cc2csc(-c3ccccc3)n2)CC1. The van der Waals surface area contributed by atoms with E-state index in [0.29, 0.717) is 18.0 Å². The van der Waals surface area contributed by atoms with Gasteiger partial charge in [0.15, 0.2) is 0 Å². The van der Waals surface area contributed by atoms with Gasteiger partial charge in [0.1, 0.15) is 5.01 Å². The molecule has 6 nitrogen and oxygen atoms in total. The van der Waals surface area contributed by atoms with Crippen molar-refractivity contribution >= 4 is 39.5 Å². The second-order valence-electron chi connectivity index (χ2n) is 9.41. The molecule has 0 aliphatic carbocycles. The topological polar surface area (TPSA) is 65.5 Å². The quantitative estimate of drug-likeness (QED) is 0.548. The van der Waals surface area contributed by atoms with Gasteiger partial charge >= 0.3 is 0 Å². The number of aryl methyl sites for hydroxylation is 1. The highest BCUT2D eigenvalue weighted by Gasteiger charge is 2.27. The van der Waals surface area contributed by atoms with E-state index in [4.69, 9.17) is 4.98 Å². The predicted octanol–water partition coefficient (Wildman–Crippen LogP) is 5.12. The number of anilines is 1. The first-order valence-corrected chi connectivity index (χ1v) is 12.8. The summed E-state index contributed by atoms with van der Waals surface area (Å²) in [6, 6.07) is 12.1. The van der Waals surface area contributed by atoms with Gasteiger partial charge in [-0.2, -0.15) is 0 Å². The molecule has 0 saturated carbocycles. The van der Waals surface area contributed by atoms with Gasteiger partial charge in [-0.3, -0.25) is 14.5 Å². The Balaban J connectivity index is 1.32. The van der Waals surface area contributed by atoms with Gasteiger partial charge in [0.2, 0.25) is 5.91 Å². The van der Waals surface area contributed by atoms with Crippen molar-refractivity contribution in [3.8, 4) is 10.6 Å². The van der Waals surface area contributed by atoms with Gasteiger partial charge in [-0.15, -0.1) is 22.7 Å². The molecule has 174 valence electrons. The number of amides is 2. The molecule has 1 aliphatic rings. The van der Waals surface area contributed by atoms with Crippen LogP contribution in [-0.4, -0.2) is 52.8 Å². The van der Waals surface area contributed by atoms with Gasteiger partial charge in [-0.05, 0) is 18.6 Å². The van der Waals surface area contributed by atoms with Crippen LogP contribution >= 0.6 is 22.7 Å². The number of hydrogen-bond donors (Lipinski definition) is 1. The molecule has 0 atom stereocenters. The van der Waals surface area contributed by atoms with Crippen molar-refractivity contribution in [3.05, 3.63) is 57.9 Å². The van der Waals surface area contributed by atoms with Crippen molar-refractivity contribution in [1.82, 2.24) is 14.8 Å². The Morgan fingerprint density at radius 3 is 2.45 bits per heavy atom. The molecule has 0 unspecified atom stereocenters. The van der Waals surface area contributed by atoms with Gasteiger partial charge in [-0.1, -0.05) is 51.1 Å². The lowest BCUT2D eigenvalue weighted by Crippen LogP contribution is -2.48. The van der Waals surface area contributed by atoms with Gasteiger partial charge in [0.25, 0.3) is 5.91 Å². The van der Waals surface area contributed by atoms with Crippen LogP contribution in [0.1, 0.15) is 41.7 Å². The Morgan fingerprint density at radius 2 is 1.79 bits per heavy atom. The average molecular weight is 483 g/mol. The second-order valence-corrected chi connectivity index (χ2v) is 11.3. The first-order chi connectivity index (χ1) is 15.7. The van der Waals surface area contributed by atoms with E-state index in [-0.39, 0.29) is 11.8 Å². The summed E-state index contributed by atoms with van der Waals surface area (Å²) in [6.45, 7) is 11.4. The normalized spacial score (nSPS) is 15.0. The molecule has 1 N–H and O–H groups in total. The smallest absolute Gasteiger partial charge is 0.264 e. The molecule has 0 radical (unpaired) electrons. The number of piperazine rings is 1. The molecule has 33 heavy (non-hydrogen) atoms. The number of thiophene rings is 1. The van der Waals surface area contributed by atoms with E-state index in [1.165, 1.54) is 11.3 Å². The zero-order valence-electron chi connectivity index (χ0n) is 19.6. The maximum atomic E-state index is 13.1. The van der Waals surface area contributed by atoms with Crippen LogP contribution < -0.4 is 5.32 Å². The summed E-state index contributed by atoms with van der Waals surface area (Å²) < 4.78 is 0. The molecule has 1 fully saturated rings. The number of benzene rings is 1. The van der Waals surface area contributed by atoms with Gasteiger partial charge in [0.05, 0.1) is 15.6 Å². The van der Waals surface area contributed by atoms with Crippen LogP contribution in [0.3, 0.4) is 0 Å². The standard InChI is InChI=1S/C25H30N4O2S2/c1-17-14-20(27-24(31)25(2,3)4)33-21(17)23(30)29-12-10-28(11-13-29)15-19-16-32-22(26-19)18-8-6-5-7-9-18/h5-9,14,16H,10-13,15H2,1-4H3,(H,27,31). The van der Waals surface area contributed by atoms with Crippen molar-refractivity contribution in [2.24, 2.45) is 5.41 Å². The predicted molar refractivity (Wildman–Crippen MR) is 136 cm³/mol. The number of carbonyl (C=O) groups is 2. The zero-order chi connectivity index (χ0) is 23.6. The lowest BCUT2D eigenvalue weighted by Gasteiger charge is -2.34. The summed E-state index contributed by atoms with van der Waals surface area (Å²) in [5, 5.41) is 6.84. The Bertz CT molecular complexity index is 1120. The summed E-state index contributed by atoms with van der Waals surface area (Å²) in [7, 11) is 0. The van der Waals surface area contributed by atoms with Gasteiger partial charge < -0.3 is 10.2 Å². The summed E-state index contributed by atoms with van der Waals surface area (Å²) >= 11 is 3.04. The molecule has 4 rings (SSSR count). The average Bonchev–Trinajstić information content (AvgIpc) is 3.40. The highest BCUT2D eigenvalue weighted by atomic mass is 32.1. The Kier molecular flexibility index (Phi) is 6.97. The Labute approximate surface area is 203 Å². The third-order valence-electron chi connectivity index (χ3n) is 5.65. The third kappa shape index (κ3) is 5.69. The van der Waals surface area contributed by atoms with Crippen LogP contribution in [0.2, 0.25) is 0 Å². The van der Waals surface area contributed by atoms with Crippen molar-refractivity contribution in [2.45, 2.75) is 34.2 Å². The molecule has 8 heteroatoms. The molecule has 0 bridgehead atoms. The van der Waals surface area contributed by atoms with Crippen LogP contribution in [-0.2, 0) is 11.3 Å². The highest BCUT2D eigenvalue weighted by Crippen LogP contribution is 2.30. The van der Waals surface area contributed by atoms with Crippen LogP contribution in [0.15, 0.2) is 41.8 Å². The monoisotopic (exact) mass is 482 g/mol. The van der Waals surface area contributed by atoms with Crippen LogP contribution in [0.25, 0.3) is 10.6 Å².